The van der Waals surface area contributed by atoms with Gasteiger partial charge in [0, 0.05) is 11.9 Å². The molecule has 0 aliphatic heterocycles. The van der Waals surface area contributed by atoms with Crippen LogP contribution < -0.4 is 0 Å². The highest BCUT2D eigenvalue weighted by atomic mass is 15.0. The van der Waals surface area contributed by atoms with Gasteiger partial charge in [-0.3, -0.25) is 0 Å². The van der Waals surface area contributed by atoms with Crippen LogP contribution in [0.5, 0.6) is 0 Å². The maximum absolute atomic E-state index is 3.84. The van der Waals surface area contributed by atoms with Gasteiger partial charge in [0.25, 0.3) is 0 Å². The number of rotatable bonds is 1. The molecular formula is C9H7N2. The van der Waals surface area contributed by atoms with E-state index in [1.807, 2.05) is 34.9 Å². The van der Waals surface area contributed by atoms with E-state index in [-0.39, 0.29) is 0 Å². The molecule has 53 valence electrons. The summed E-state index contributed by atoms with van der Waals surface area (Å²) in [4.78, 5) is 3.84. The van der Waals surface area contributed by atoms with Gasteiger partial charge in [-0.25, -0.2) is 4.98 Å². The third-order valence-electron chi connectivity index (χ3n) is 1.51. The second kappa shape index (κ2) is 2.58. The summed E-state index contributed by atoms with van der Waals surface area (Å²) in [6, 6.07) is 10.0. The van der Waals surface area contributed by atoms with Crippen LogP contribution in [0.1, 0.15) is 0 Å². The van der Waals surface area contributed by atoms with Gasteiger partial charge in [-0.05, 0) is 12.1 Å². The van der Waals surface area contributed by atoms with Crippen molar-refractivity contribution >= 4 is 0 Å². The third-order valence-corrected chi connectivity index (χ3v) is 1.51. The summed E-state index contributed by atoms with van der Waals surface area (Å²) < 4.78 is 1.92. The number of nitrogens with zero attached hydrogens (tertiary/aromatic N) is 2. The van der Waals surface area contributed by atoms with Crippen molar-refractivity contribution in [3.05, 3.63) is 49.1 Å². The Balaban J connectivity index is 2.46. The molecule has 0 fully saturated rings. The summed E-state index contributed by atoms with van der Waals surface area (Å²) in [5.74, 6) is 0. The minimum Gasteiger partial charge on any atom is -0.306 e. The molecule has 2 nitrogen and oxygen atoms in total. The van der Waals surface area contributed by atoms with Crippen LogP contribution in [0.3, 0.4) is 0 Å². The number of hydrogen-bond donors (Lipinski definition) is 0. The van der Waals surface area contributed by atoms with Crippen LogP contribution >= 0.6 is 0 Å². The molecule has 0 bridgehead atoms. The topological polar surface area (TPSA) is 17.8 Å². The second-order valence-electron chi connectivity index (χ2n) is 2.25. The first-order chi connectivity index (χ1) is 5.47. The zero-order valence-electron chi connectivity index (χ0n) is 5.94. The third kappa shape index (κ3) is 1.15. The van der Waals surface area contributed by atoms with Gasteiger partial charge in [0.05, 0.1) is 6.33 Å². The van der Waals surface area contributed by atoms with E-state index in [0.29, 0.717) is 0 Å². The average molecular weight is 143 g/mol. The fourth-order valence-corrected chi connectivity index (χ4v) is 0.966. The molecule has 11 heavy (non-hydrogen) atoms. The van der Waals surface area contributed by atoms with E-state index in [4.69, 9.17) is 0 Å². The van der Waals surface area contributed by atoms with E-state index in [2.05, 4.69) is 11.2 Å². The van der Waals surface area contributed by atoms with Crippen LogP contribution in [0.25, 0.3) is 5.69 Å². The zero-order valence-corrected chi connectivity index (χ0v) is 5.94. The molecule has 1 aromatic carbocycles. The smallest absolute Gasteiger partial charge is 0.109 e. The number of benzene rings is 1. The van der Waals surface area contributed by atoms with Crippen molar-refractivity contribution in [1.82, 2.24) is 9.55 Å². The summed E-state index contributed by atoms with van der Waals surface area (Å²) >= 11 is 0. The van der Waals surface area contributed by atoms with Gasteiger partial charge in [-0.1, -0.05) is 18.2 Å². The summed E-state index contributed by atoms with van der Waals surface area (Å²) in [5.41, 5.74) is 1.11. The van der Waals surface area contributed by atoms with E-state index in [1.54, 1.807) is 12.5 Å². The molecule has 0 saturated heterocycles. The number of aromatic nitrogens is 2. The first kappa shape index (κ1) is 6.16. The molecule has 0 unspecified atom stereocenters. The highest BCUT2D eigenvalue weighted by Gasteiger charge is 1.90. The van der Waals surface area contributed by atoms with Gasteiger partial charge in [-0.2, -0.15) is 0 Å². The Labute approximate surface area is 65.1 Å². The molecule has 0 atom stereocenters. The molecular weight excluding hydrogens is 136 g/mol. The van der Waals surface area contributed by atoms with Crippen LogP contribution in [0.2, 0.25) is 0 Å². The van der Waals surface area contributed by atoms with Gasteiger partial charge in [0.1, 0.15) is 6.20 Å². The molecule has 1 radical (unpaired) electrons. The zero-order chi connectivity index (χ0) is 7.52. The van der Waals surface area contributed by atoms with Gasteiger partial charge in [0.2, 0.25) is 0 Å². The van der Waals surface area contributed by atoms with Gasteiger partial charge in [-0.15, -0.1) is 0 Å². The van der Waals surface area contributed by atoms with Crippen molar-refractivity contribution in [3.63, 3.8) is 0 Å². The standard InChI is InChI=1S/C9H7N2/c1-2-4-9(5-3-1)11-7-6-10-8-11/h1-5,7-8H. The Kier molecular flexibility index (Phi) is 1.44. The van der Waals surface area contributed by atoms with Crippen molar-refractivity contribution in [2.24, 2.45) is 0 Å². The van der Waals surface area contributed by atoms with E-state index >= 15 is 0 Å². The van der Waals surface area contributed by atoms with Crippen molar-refractivity contribution < 1.29 is 0 Å². The number of imidazole rings is 1. The van der Waals surface area contributed by atoms with Crippen LogP contribution in [-0.4, -0.2) is 9.55 Å². The summed E-state index contributed by atoms with van der Waals surface area (Å²) in [6.07, 6.45) is 6.27. The highest BCUT2D eigenvalue weighted by Crippen LogP contribution is 2.03. The van der Waals surface area contributed by atoms with Crippen molar-refractivity contribution in [1.29, 1.82) is 0 Å². The molecule has 1 aromatic heterocycles. The molecule has 2 rings (SSSR count). The average Bonchev–Trinajstić information content (AvgIpc) is 2.58. The molecule has 0 saturated carbocycles. The van der Waals surface area contributed by atoms with Crippen molar-refractivity contribution in [3.8, 4) is 5.69 Å². The predicted octanol–water partition coefficient (Wildman–Crippen LogP) is 1.67. The molecule has 0 spiro atoms. The van der Waals surface area contributed by atoms with E-state index < -0.39 is 0 Å². The maximum atomic E-state index is 3.84. The quantitative estimate of drug-likeness (QED) is 0.593. The van der Waals surface area contributed by atoms with Gasteiger partial charge < -0.3 is 4.57 Å². The Morgan fingerprint density at radius 1 is 1.18 bits per heavy atom. The van der Waals surface area contributed by atoms with E-state index in [0.717, 1.165) is 5.69 Å². The summed E-state index contributed by atoms with van der Waals surface area (Å²) in [5, 5.41) is 0. The summed E-state index contributed by atoms with van der Waals surface area (Å²) in [7, 11) is 0. The summed E-state index contributed by atoms with van der Waals surface area (Å²) in [6.45, 7) is 0. The highest BCUT2D eigenvalue weighted by molar-refractivity contribution is 5.30. The van der Waals surface area contributed by atoms with Crippen LogP contribution in [0.4, 0.5) is 0 Å². The Morgan fingerprint density at radius 3 is 2.64 bits per heavy atom. The lowest BCUT2D eigenvalue weighted by molar-refractivity contribution is 1.06. The van der Waals surface area contributed by atoms with Crippen molar-refractivity contribution in [2.75, 3.05) is 0 Å². The monoisotopic (exact) mass is 143 g/mol. The van der Waals surface area contributed by atoms with Crippen LogP contribution in [0, 0.1) is 6.20 Å². The fraction of sp³-hybridized carbons (Fsp3) is 0. The second-order valence-corrected chi connectivity index (χ2v) is 2.25. The molecule has 1 heterocycles. The SMILES string of the molecule is [c]1cn(-c2ccccc2)cn1. The minimum absolute atomic E-state index is 1.11. The number of para-hydroxylation sites is 1. The van der Waals surface area contributed by atoms with Crippen LogP contribution in [0.15, 0.2) is 42.9 Å². The maximum Gasteiger partial charge on any atom is 0.109 e. The molecule has 0 N–H and O–H groups in total. The molecule has 2 heteroatoms. The van der Waals surface area contributed by atoms with Crippen molar-refractivity contribution in [2.45, 2.75) is 0 Å². The Bertz CT molecular complexity index is 311. The van der Waals surface area contributed by atoms with E-state index in [1.165, 1.54) is 0 Å². The van der Waals surface area contributed by atoms with E-state index in [9.17, 15) is 0 Å². The first-order valence-electron chi connectivity index (χ1n) is 3.42. The normalized spacial score (nSPS) is 9.82. The molecule has 0 amide bonds. The molecule has 2 aromatic rings. The Morgan fingerprint density at radius 2 is 2.00 bits per heavy atom. The molecule has 0 aliphatic rings. The first-order valence-corrected chi connectivity index (χ1v) is 3.42. The van der Waals surface area contributed by atoms with Gasteiger partial charge in [0.15, 0.2) is 0 Å². The predicted molar refractivity (Wildman–Crippen MR) is 42.4 cm³/mol. The molecule has 0 aliphatic carbocycles. The number of hydrogen-bond acceptors (Lipinski definition) is 1. The lowest BCUT2D eigenvalue weighted by Gasteiger charge is -1.98. The fourth-order valence-electron chi connectivity index (χ4n) is 0.966. The Hall–Kier alpha value is -1.57. The largest absolute Gasteiger partial charge is 0.306 e. The van der Waals surface area contributed by atoms with Gasteiger partial charge >= 0.3 is 0 Å². The lowest BCUT2D eigenvalue weighted by atomic mass is 10.3. The minimum atomic E-state index is 1.11. The van der Waals surface area contributed by atoms with Crippen LogP contribution in [-0.2, 0) is 0 Å². The lowest BCUT2D eigenvalue weighted by Crippen LogP contribution is -1.87.